The molecule has 5 heteroatoms. The first-order valence-corrected chi connectivity index (χ1v) is 9.21. The summed E-state index contributed by atoms with van der Waals surface area (Å²) in [6.07, 6.45) is 4.87. The summed E-state index contributed by atoms with van der Waals surface area (Å²) < 4.78 is 10.8. The van der Waals surface area contributed by atoms with Gasteiger partial charge in [-0.3, -0.25) is 0 Å². The number of piperidine rings is 1. The smallest absolute Gasteiger partial charge is 0.337 e. The minimum Gasteiger partial charge on any atom is -0.652 e. The number of para-hydroxylation sites is 1. The molecule has 5 nitrogen and oxygen atoms in total. The molecule has 26 heavy (non-hydrogen) atoms. The van der Waals surface area contributed by atoms with Gasteiger partial charge in [-0.05, 0) is 23.6 Å². The lowest BCUT2D eigenvalue weighted by molar-refractivity contribution is -0.830. The number of hydrogen-bond donors (Lipinski definition) is 1. The molecule has 0 aliphatic carbocycles. The molecule has 1 saturated heterocycles. The van der Waals surface area contributed by atoms with E-state index in [2.05, 4.69) is 31.2 Å². The van der Waals surface area contributed by atoms with E-state index in [0.717, 1.165) is 30.4 Å². The van der Waals surface area contributed by atoms with Crippen molar-refractivity contribution in [3.8, 4) is 0 Å². The van der Waals surface area contributed by atoms with Gasteiger partial charge in [-0.15, -0.1) is 5.52 Å². The Kier molecular flexibility index (Phi) is 3.47. The first kappa shape index (κ1) is 15.7. The molecular formula is C21H22N2O3. The van der Waals surface area contributed by atoms with Crippen molar-refractivity contribution < 1.29 is 19.2 Å². The van der Waals surface area contributed by atoms with Crippen molar-refractivity contribution in [1.82, 2.24) is 4.98 Å². The monoisotopic (exact) mass is 350 g/mol. The number of carbonyl (C=O) groups is 1. The number of carbonyl (C=O) groups excluding carboxylic acids is 1. The van der Waals surface area contributed by atoms with E-state index in [4.69, 9.17) is 14.5 Å². The molecule has 3 aliphatic heterocycles. The number of ether oxygens (including phenoxy) is 2. The minimum absolute atomic E-state index is 0.107. The van der Waals surface area contributed by atoms with Gasteiger partial charge in [0.05, 0.1) is 37.1 Å². The van der Waals surface area contributed by atoms with Gasteiger partial charge in [0.15, 0.2) is 0 Å². The van der Waals surface area contributed by atoms with Crippen LogP contribution in [0.3, 0.4) is 0 Å². The fourth-order valence-corrected chi connectivity index (χ4v) is 4.83. The van der Waals surface area contributed by atoms with Crippen LogP contribution in [0.2, 0.25) is 0 Å². The Morgan fingerprint density at radius 3 is 3.04 bits per heavy atom. The summed E-state index contributed by atoms with van der Waals surface area (Å²) in [5.41, 5.74) is 3.03. The zero-order chi connectivity index (χ0) is 17.8. The molecule has 1 fully saturated rings. The van der Waals surface area contributed by atoms with Gasteiger partial charge < -0.3 is 19.4 Å². The first-order valence-electron chi connectivity index (χ1n) is 9.21. The maximum atomic E-state index is 12.3. The number of rotatable bonds is 1. The van der Waals surface area contributed by atoms with Gasteiger partial charge in [0.1, 0.15) is 12.6 Å². The van der Waals surface area contributed by atoms with Gasteiger partial charge in [0.2, 0.25) is 0 Å². The average molecular weight is 350 g/mol. The molecule has 2 aromatic rings. The number of fused-ring (bicyclic) bond motifs is 5. The lowest BCUT2D eigenvalue weighted by Gasteiger charge is -2.43. The Labute approximate surface area is 151 Å². The zero-order valence-electron chi connectivity index (χ0n) is 15.0. The molecule has 134 valence electrons. The molecular weight excluding hydrogens is 328 g/mol. The highest BCUT2D eigenvalue weighted by Gasteiger charge is 2.45. The molecule has 4 heterocycles. The van der Waals surface area contributed by atoms with Gasteiger partial charge in [-0.2, -0.15) is 0 Å². The zero-order valence-corrected chi connectivity index (χ0v) is 15.0. The molecule has 1 aromatic carbocycles. The molecule has 1 N–H and O–H groups in total. The highest BCUT2D eigenvalue weighted by atomic mass is 16.5. The lowest BCUT2D eigenvalue weighted by Crippen LogP contribution is -3.13. The molecule has 1 aromatic heterocycles. The van der Waals surface area contributed by atoms with Crippen LogP contribution in [0.4, 0.5) is 0 Å². The highest BCUT2D eigenvalue weighted by molar-refractivity contribution is 5.89. The Bertz CT molecular complexity index is 1050. The standard InChI is InChI=1S/C21H21N2O3/c1-12-16-10-23-8-7-14-13-5-3-4-6-18(13)22-20(14)19(23)9-15(16)17(11-26-12)21(24)25-2/h3-7,11-12,15-16H,8-10H2,1-2H3/q-1/p+1/t12-,15-,16-/m0/s1. The third kappa shape index (κ3) is 2.16. The summed E-state index contributed by atoms with van der Waals surface area (Å²) in [6, 6.07) is 8.32. The third-order valence-corrected chi connectivity index (χ3v) is 6.20. The summed E-state index contributed by atoms with van der Waals surface area (Å²) in [4.78, 5) is 18.6. The van der Waals surface area contributed by atoms with E-state index in [1.54, 1.807) is 6.26 Å². The quantitative estimate of drug-likeness (QED) is 0.718. The predicted molar refractivity (Wildman–Crippen MR) is 97.3 cm³/mol. The Morgan fingerprint density at radius 1 is 1.35 bits per heavy atom. The van der Waals surface area contributed by atoms with Gasteiger partial charge in [0, 0.05) is 12.3 Å². The Morgan fingerprint density at radius 2 is 2.19 bits per heavy atom. The maximum Gasteiger partial charge on any atom is 0.337 e. The molecule has 0 saturated carbocycles. The van der Waals surface area contributed by atoms with Crippen LogP contribution in [0.5, 0.6) is 0 Å². The minimum atomic E-state index is -0.279. The number of esters is 1. The van der Waals surface area contributed by atoms with Crippen molar-refractivity contribution in [2.24, 2.45) is 11.8 Å². The van der Waals surface area contributed by atoms with E-state index in [-0.39, 0.29) is 18.0 Å². The van der Waals surface area contributed by atoms with E-state index in [9.17, 15) is 4.79 Å². The number of aromatic nitrogens is 1. The highest BCUT2D eigenvalue weighted by Crippen LogP contribution is 2.36. The fraction of sp³-hybridized carbons (Fsp3) is 0.381. The van der Waals surface area contributed by atoms with Crippen molar-refractivity contribution >= 4 is 28.6 Å². The molecule has 4 atom stereocenters. The van der Waals surface area contributed by atoms with E-state index in [1.807, 2.05) is 6.07 Å². The Balaban J connectivity index is 1.67. The molecule has 0 radical (unpaired) electrons. The van der Waals surface area contributed by atoms with Gasteiger partial charge in [0.25, 0.3) is 0 Å². The maximum absolute atomic E-state index is 12.3. The van der Waals surface area contributed by atoms with E-state index < -0.39 is 0 Å². The van der Waals surface area contributed by atoms with E-state index >= 15 is 0 Å². The number of benzene rings is 1. The topological polar surface area (TPSA) is 54.1 Å². The molecule has 0 bridgehead atoms. The van der Waals surface area contributed by atoms with Crippen molar-refractivity contribution in [1.29, 1.82) is 0 Å². The summed E-state index contributed by atoms with van der Waals surface area (Å²) in [7, 11) is 1.43. The summed E-state index contributed by atoms with van der Waals surface area (Å²) in [5, 5.41) is 3.58. The number of hydrogen-bond acceptors (Lipinski definition) is 3. The predicted octanol–water partition coefficient (Wildman–Crippen LogP) is -0.304. The second-order valence-electron chi connectivity index (χ2n) is 7.47. The molecule has 1 unspecified atom stereocenters. The number of methoxy groups -OCH3 is 1. The van der Waals surface area contributed by atoms with Crippen molar-refractivity contribution in [2.45, 2.75) is 19.4 Å². The van der Waals surface area contributed by atoms with Crippen LogP contribution in [0.25, 0.3) is 22.7 Å². The van der Waals surface area contributed by atoms with Crippen LogP contribution in [-0.2, 0) is 14.3 Å². The first-order chi connectivity index (χ1) is 12.7. The number of nitrogens with one attached hydrogen (secondary N) is 1. The largest absolute Gasteiger partial charge is 0.652 e. The Hall–Kier alpha value is -2.53. The van der Waals surface area contributed by atoms with E-state index in [0.29, 0.717) is 11.5 Å². The number of quaternary nitrogens is 1. The third-order valence-electron chi connectivity index (χ3n) is 6.20. The second kappa shape index (κ2) is 5.74. The van der Waals surface area contributed by atoms with Crippen molar-refractivity contribution in [3.05, 3.63) is 46.7 Å². The van der Waals surface area contributed by atoms with Crippen molar-refractivity contribution in [3.63, 3.8) is 0 Å². The van der Waals surface area contributed by atoms with Crippen LogP contribution >= 0.6 is 0 Å². The molecule has 3 aliphatic rings. The molecule has 0 spiro atoms. The van der Waals surface area contributed by atoms with Crippen LogP contribution < -0.4 is 20.5 Å². The molecule has 0 amide bonds. The second-order valence-corrected chi connectivity index (χ2v) is 7.47. The fourth-order valence-electron chi connectivity index (χ4n) is 4.83. The average Bonchev–Trinajstić information content (AvgIpc) is 3.06. The van der Waals surface area contributed by atoms with Gasteiger partial charge in [-0.1, -0.05) is 29.6 Å². The van der Waals surface area contributed by atoms with Crippen LogP contribution in [0.15, 0.2) is 36.1 Å². The van der Waals surface area contributed by atoms with Crippen LogP contribution in [0, 0.1) is 11.8 Å². The summed E-state index contributed by atoms with van der Waals surface area (Å²) in [5.74, 6) is 0.169. The summed E-state index contributed by atoms with van der Waals surface area (Å²) in [6.45, 7) is 4.01. The van der Waals surface area contributed by atoms with Crippen molar-refractivity contribution in [2.75, 3.05) is 20.2 Å². The lowest BCUT2D eigenvalue weighted by atomic mass is 9.75. The van der Waals surface area contributed by atoms with Gasteiger partial charge in [-0.25, -0.2) is 4.79 Å². The van der Waals surface area contributed by atoms with E-state index in [1.165, 1.54) is 28.3 Å². The van der Waals surface area contributed by atoms with Gasteiger partial charge >= 0.3 is 5.97 Å². The molecule has 5 rings (SSSR count). The van der Waals surface area contributed by atoms with Crippen LogP contribution in [-0.4, -0.2) is 32.3 Å². The number of nitrogens with zero attached hydrogens (tertiary/aromatic N) is 1. The summed E-state index contributed by atoms with van der Waals surface area (Å²) >= 11 is 0. The normalized spacial score (nSPS) is 29.6. The SMILES string of the molecule is COC(=O)C1=CO[C@@H](C)[C@@H]2C[NH+]3CC=c4c([n-]c5ccccc45)=C3C[C@H]12. The van der Waals surface area contributed by atoms with Crippen LogP contribution in [0.1, 0.15) is 13.3 Å².